The Morgan fingerprint density at radius 1 is 1.16 bits per heavy atom. The molecule has 6 heteroatoms. The van der Waals surface area contributed by atoms with Crippen LogP contribution in [0.2, 0.25) is 0 Å². The Balaban J connectivity index is 0.00000153. The molecule has 0 aliphatic heterocycles. The Morgan fingerprint density at radius 2 is 1.84 bits per heavy atom. The van der Waals surface area contributed by atoms with Crippen molar-refractivity contribution >= 4 is 23.4 Å². The molecule has 1 unspecified atom stereocenters. The highest BCUT2D eigenvalue weighted by molar-refractivity contribution is 7.98. The number of phenols is 1. The van der Waals surface area contributed by atoms with Crippen LogP contribution >= 0.6 is 11.8 Å². The standard InChI is InChI=1S/C28H32FN3OS.C3H8/c1-6-10-25(31-24(8-3)19-11-16-27(33)28(17-19)34-5)22(7-2)23-18-30-32(26(23)9-4)21-14-12-20(29)13-15-21;1-3-2/h7,9-18,24,31,33H,4,6,8H2,1-3,5H3;3H2,1-2H3/b22-7+,25-10+;. The number of nitrogens with zero attached hydrogens (tertiary/aromatic N) is 2. The molecule has 37 heavy (non-hydrogen) atoms. The van der Waals surface area contributed by atoms with E-state index < -0.39 is 0 Å². The molecule has 1 heterocycles. The molecule has 198 valence electrons. The molecule has 3 rings (SSSR count). The number of allylic oxidation sites excluding steroid dienone is 3. The average Bonchev–Trinajstić information content (AvgIpc) is 3.32. The zero-order valence-corrected chi connectivity index (χ0v) is 23.7. The maximum absolute atomic E-state index is 13.4. The summed E-state index contributed by atoms with van der Waals surface area (Å²) in [6, 6.07) is 12.1. The Morgan fingerprint density at radius 3 is 2.38 bits per heavy atom. The predicted molar refractivity (Wildman–Crippen MR) is 158 cm³/mol. The fourth-order valence-electron chi connectivity index (χ4n) is 3.98. The van der Waals surface area contributed by atoms with E-state index in [0.717, 1.165) is 51.5 Å². The quantitative estimate of drug-likeness (QED) is 0.206. The number of aromatic nitrogens is 2. The molecule has 0 spiro atoms. The fraction of sp³-hybridized carbons (Fsp3) is 0.323. The molecule has 2 N–H and O–H groups in total. The van der Waals surface area contributed by atoms with Crippen molar-refractivity contribution in [3.63, 3.8) is 0 Å². The smallest absolute Gasteiger partial charge is 0.129 e. The van der Waals surface area contributed by atoms with Gasteiger partial charge in [0.1, 0.15) is 11.6 Å². The summed E-state index contributed by atoms with van der Waals surface area (Å²) in [5.74, 6) is 0.0145. The lowest BCUT2D eigenvalue weighted by Crippen LogP contribution is -2.21. The monoisotopic (exact) mass is 521 g/mol. The number of thioether (sulfide) groups is 1. The molecular formula is C31H40FN3OS. The molecule has 0 radical (unpaired) electrons. The molecule has 4 nitrogen and oxygen atoms in total. The summed E-state index contributed by atoms with van der Waals surface area (Å²) in [5, 5.41) is 18.4. The summed E-state index contributed by atoms with van der Waals surface area (Å²) in [5.41, 5.74) is 5.70. The van der Waals surface area contributed by atoms with Crippen LogP contribution in [0, 0.1) is 5.82 Å². The molecule has 0 bridgehead atoms. The highest BCUT2D eigenvalue weighted by Gasteiger charge is 2.19. The van der Waals surface area contributed by atoms with Crippen LogP contribution in [0.5, 0.6) is 5.75 Å². The number of halogens is 1. The molecule has 0 fully saturated rings. The molecule has 0 saturated carbocycles. The highest BCUT2D eigenvalue weighted by Crippen LogP contribution is 2.33. The number of benzene rings is 2. The van der Waals surface area contributed by atoms with E-state index >= 15 is 0 Å². The Kier molecular flexibility index (Phi) is 12.2. The van der Waals surface area contributed by atoms with Gasteiger partial charge < -0.3 is 10.4 Å². The minimum atomic E-state index is -0.285. The lowest BCUT2D eigenvalue weighted by atomic mass is 9.98. The van der Waals surface area contributed by atoms with Crippen LogP contribution in [0.15, 0.2) is 78.0 Å². The minimum Gasteiger partial charge on any atom is -0.507 e. The van der Waals surface area contributed by atoms with Crippen LogP contribution in [0.4, 0.5) is 4.39 Å². The van der Waals surface area contributed by atoms with Crippen molar-refractivity contribution in [2.75, 3.05) is 6.26 Å². The molecule has 0 saturated heterocycles. The molecule has 0 amide bonds. The van der Waals surface area contributed by atoms with E-state index in [1.807, 2.05) is 31.5 Å². The van der Waals surface area contributed by atoms with Crippen molar-refractivity contribution in [3.05, 3.63) is 95.7 Å². The summed E-state index contributed by atoms with van der Waals surface area (Å²) in [6.45, 7) is 14.5. The maximum Gasteiger partial charge on any atom is 0.129 e. The van der Waals surface area contributed by atoms with Gasteiger partial charge in [-0.25, -0.2) is 9.07 Å². The summed E-state index contributed by atoms with van der Waals surface area (Å²) in [4.78, 5) is 0.861. The van der Waals surface area contributed by atoms with E-state index in [2.05, 4.69) is 56.8 Å². The van der Waals surface area contributed by atoms with Gasteiger partial charge >= 0.3 is 0 Å². The molecule has 3 aromatic rings. The first-order valence-electron chi connectivity index (χ1n) is 12.9. The Labute approximate surface area is 226 Å². The van der Waals surface area contributed by atoms with Gasteiger partial charge in [-0.15, -0.1) is 11.8 Å². The summed E-state index contributed by atoms with van der Waals surface area (Å²) in [6.07, 6.45) is 12.8. The molecule has 2 aromatic carbocycles. The first-order valence-corrected chi connectivity index (χ1v) is 14.1. The van der Waals surface area contributed by atoms with Gasteiger partial charge in [0, 0.05) is 21.7 Å². The third-order valence-electron chi connectivity index (χ3n) is 5.69. The molecule has 0 aliphatic carbocycles. The van der Waals surface area contributed by atoms with Crippen LogP contribution < -0.4 is 5.32 Å². The molecular weight excluding hydrogens is 481 g/mol. The van der Waals surface area contributed by atoms with Gasteiger partial charge in [-0.2, -0.15) is 5.10 Å². The van der Waals surface area contributed by atoms with Gasteiger partial charge in [0.25, 0.3) is 0 Å². The van der Waals surface area contributed by atoms with E-state index in [4.69, 9.17) is 0 Å². The van der Waals surface area contributed by atoms with Crippen LogP contribution in [0.3, 0.4) is 0 Å². The Hall–Kier alpha value is -3.25. The van der Waals surface area contributed by atoms with Gasteiger partial charge in [0.15, 0.2) is 0 Å². The zero-order valence-electron chi connectivity index (χ0n) is 22.9. The Bertz CT molecular complexity index is 1210. The first kappa shape index (κ1) is 30.0. The zero-order chi connectivity index (χ0) is 27.4. The van der Waals surface area contributed by atoms with Crippen LogP contribution in [0.25, 0.3) is 17.3 Å². The first-order chi connectivity index (χ1) is 17.9. The second-order valence-corrected chi connectivity index (χ2v) is 9.36. The second kappa shape index (κ2) is 15.1. The normalized spacial score (nSPS) is 12.5. The average molecular weight is 522 g/mol. The summed E-state index contributed by atoms with van der Waals surface area (Å²) < 4.78 is 15.2. The van der Waals surface area contributed by atoms with E-state index in [0.29, 0.717) is 5.75 Å². The molecule has 1 atom stereocenters. The van der Waals surface area contributed by atoms with Crippen LogP contribution in [-0.2, 0) is 0 Å². The minimum absolute atomic E-state index is 0.0681. The number of phenolic OH excluding ortho intramolecular Hbond substituents is 1. The van der Waals surface area contributed by atoms with Gasteiger partial charge in [0.05, 0.1) is 23.6 Å². The summed E-state index contributed by atoms with van der Waals surface area (Å²) >= 11 is 1.53. The van der Waals surface area contributed by atoms with E-state index in [1.165, 1.54) is 30.3 Å². The van der Waals surface area contributed by atoms with Crippen LogP contribution in [-0.4, -0.2) is 21.1 Å². The number of rotatable bonds is 10. The summed E-state index contributed by atoms with van der Waals surface area (Å²) in [7, 11) is 0. The number of nitrogens with one attached hydrogen (secondary N) is 1. The van der Waals surface area contributed by atoms with Crippen molar-refractivity contribution in [1.82, 2.24) is 15.1 Å². The van der Waals surface area contributed by atoms with Crippen molar-refractivity contribution in [2.45, 2.75) is 64.8 Å². The fourth-order valence-corrected chi connectivity index (χ4v) is 4.51. The van der Waals surface area contributed by atoms with Gasteiger partial charge in [-0.1, -0.05) is 58.9 Å². The topological polar surface area (TPSA) is 50.1 Å². The number of hydrogen-bond acceptors (Lipinski definition) is 4. The molecule has 1 aromatic heterocycles. The van der Waals surface area contributed by atoms with E-state index in [1.54, 1.807) is 29.0 Å². The lowest BCUT2D eigenvalue weighted by Gasteiger charge is -2.24. The predicted octanol–water partition coefficient (Wildman–Crippen LogP) is 8.94. The van der Waals surface area contributed by atoms with Gasteiger partial charge in [-0.3, -0.25) is 0 Å². The number of aromatic hydroxyl groups is 1. The van der Waals surface area contributed by atoms with Crippen LogP contribution in [0.1, 0.15) is 76.7 Å². The third-order valence-corrected chi connectivity index (χ3v) is 6.46. The SMILES string of the molecule is C=Cc1c(C(=C\C)/C(=C\CC)NC(CC)c2ccc(O)c(SC)c2)cnn1-c1ccc(F)cc1.CCC. The van der Waals surface area contributed by atoms with Crippen molar-refractivity contribution in [1.29, 1.82) is 0 Å². The van der Waals surface area contributed by atoms with E-state index in [9.17, 15) is 9.50 Å². The highest BCUT2D eigenvalue weighted by atomic mass is 32.2. The van der Waals surface area contributed by atoms with Crippen molar-refractivity contribution in [3.8, 4) is 11.4 Å². The van der Waals surface area contributed by atoms with E-state index in [-0.39, 0.29) is 11.9 Å². The number of hydrogen-bond donors (Lipinski definition) is 2. The third kappa shape index (κ3) is 7.62. The maximum atomic E-state index is 13.4. The van der Waals surface area contributed by atoms with Crippen molar-refractivity contribution in [2.24, 2.45) is 0 Å². The lowest BCUT2D eigenvalue weighted by molar-refractivity contribution is 0.461. The largest absolute Gasteiger partial charge is 0.507 e. The van der Waals surface area contributed by atoms with Crippen molar-refractivity contribution < 1.29 is 9.50 Å². The van der Waals surface area contributed by atoms with Gasteiger partial charge in [-0.05, 0) is 74.1 Å². The second-order valence-electron chi connectivity index (χ2n) is 8.51. The van der Waals surface area contributed by atoms with Gasteiger partial charge in [0.2, 0.25) is 0 Å². The molecule has 0 aliphatic rings.